The van der Waals surface area contributed by atoms with E-state index in [1.165, 1.54) is 21.5 Å². The van der Waals surface area contributed by atoms with E-state index in [1.54, 1.807) is 0 Å². The molecule has 0 aliphatic carbocycles. The molecule has 0 radical (unpaired) electrons. The van der Waals surface area contributed by atoms with E-state index in [1.807, 2.05) is 36.4 Å². The van der Waals surface area contributed by atoms with Crippen molar-refractivity contribution in [3.8, 4) is 40.1 Å². The van der Waals surface area contributed by atoms with E-state index in [-0.39, 0.29) is 0 Å². The number of aromatic nitrogens is 6. The van der Waals surface area contributed by atoms with Crippen LogP contribution in [0.4, 0.5) is 0 Å². The summed E-state index contributed by atoms with van der Waals surface area (Å²) in [5.74, 6) is 1.79. The van der Waals surface area contributed by atoms with Gasteiger partial charge in [0.1, 0.15) is 0 Å². The van der Waals surface area contributed by atoms with Crippen molar-refractivity contribution < 1.29 is 0 Å². The number of benzene rings is 8. The Labute approximate surface area is 327 Å². The zero-order valence-corrected chi connectivity index (χ0v) is 30.7. The van der Waals surface area contributed by atoms with Crippen LogP contribution in [-0.2, 0) is 0 Å². The molecular weight excluding hydrogens is 697 g/mol. The number of para-hydroxylation sites is 5. The van der Waals surface area contributed by atoms with Crippen LogP contribution < -0.4 is 0 Å². The summed E-state index contributed by atoms with van der Waals surface area (Å²) in [6.45, 7) is 0. The van der Waals surface area contributed by atoms with Gasteiger partial charge in [-0.3, -0.25) is 4.57 Å². The van der Waals surface area contributed by atoms with Crippen molar-refractivity contribution in [1.29, 1.82) is 0 Å². The molecule has 6 nitrogen and oxygen atoms in total. The van der Waals surface area contributed by atoms with E-state index < -0.39 is 0 Å². The molecule has 12 aromatic rings. The molecule has 0 spiro atoms. The van der Waals surface area contributed by atoms with Crippen molar-refractivity contribution in [1.82, 2.24) is 28.7 Å². The molecule has 0 saturated heterocycles. The second-order valence-electron chi connectivity index (χ2n) is 14.5. The van der Waals surface area contributed by atoms with Crippen LogP contribution in [0.5, 0.6) is 0 Å². The fraction of sp³-hybridized carbons (Fsp3) is 0. The van der Waals surface area contributed by atoms with Gasteiger partial charge in [-0.25, -0.2) is 4.98 Å². The summed E-state index contributed by atoms with van der Waals surface area (Å²) < 4.78 is 7.08. The Bertz CT molecular complexity index is 3360. The Balaban J connectivity index is 1.27. The normalized spacial score (nSPS) is 11.9. The van der Waals surface area contributed by atoms with Gasteiger partial charge in [-0.1, -0.05) is 152 Å². The molecule has 0 atom stereocenters. The van der Waals surface area contributed by atoms with Gasteiger partial charge in [0.05, 0.1) is 44.5 Å². The molecule has 0 fully saturated rings. The minimum Gasteiger partial charge on any atom is -0.309 e. The largest absolute Gasteiger partial charge is 0.309 e. The smallest absolute Gasteiger partial charge is 0.238 e. The summed E-state index contributed by atoms with van der Waals surface area (Å²) in [6.07, 6.45) is 0. The molecular formula is C51H32N6. The molecule has 0 saturated carbocycles. The fourth-order valence-electron chi connectivity index (χ4n) is 8.86. The van der Waals surface area contributed by atoms with E-state index in [0.29, 0.717) is 17.6 Å². The molecule has 0 amide bonds. The Hall–Kier alpha value is -7.83. The maximum absolute atomic E-state index is 5.28. The number of fused-ring (bicyclic) bond motifs is 9. The summed E-state index contributed by atoms with van der Waals surface area (Å²) >= 11 is 0. The molecule has 0 aliphatic heterocycles. The second-order valence-corrected chi connectivity index (χ2v) is 14.5. The highest BCUT2D eigenvalue weighted by molar-refractivity contribution is 6.17. The molecule has 0 aliphatic rings. The van der Waals surface area contributed by atoms with Crippen molar-refractivity contribution in [2.24, 2.45) is 0 Å². The van der Waals surface area contributed by atoms with Crippen LogP contribution in [0.1, 0.15) is 0 Å². The van der Waals surface area contributed by atoms with E-state index >= 15 is 0 Å². The first-order valence-corrected chi connectivity index (χ1v) is 19.2. The van der Waals surface area contributed by atoms with Gasteiger partial charge >= 0.3 is 0 Å². The van der Waals surface area contributed by atoms with Gasteiger partial charge in [-0.2, -0.15) is 9.97 Å². The van der Waals surface area contributed by atoms with Crippen LogP contribution in [0.3, 0.4) is 0 Å². The zero-order valence-electron chi connectivity index (χ0n) is 30.7. The SMILES string of the molecule is c1ccc(-c2nc(-c3ccccc3)nc(-n3c4ccccc4c4c(-n5c6ccccc6c6ccccc65)cc(-n5c6ccccc6c6ccccc65)cc43)n2)cc1. The topological polar surface area (TPSA) is 53.5 Å². The molecule has 4 aromatic heterocycles. The summed E-state index contributed by atoms with van der Waals surface area (Å²) in [5, 5.41) is 7.08. The lowest BCUT2D eigenvalue weighted by atomic mass is 10.1. The highest BCUT2D eigenvalue weighted by Gasteiger charge is 2.24. The van der Waals surface area contributed by atoms with Crippen molar-refractivity contribution in [2.45, 2.75) is 0 Å². The quantitative estimate of drug-likeness (QED) is 0.177. The summed E-state index contributed by atoms with van der Waals surface area (Å²) in [4.78, 5) is 15.6. The first-order valence-electron chi connectivity index (χ1n) is 19.2. The minimum atomic E-state index is 0.557. The Morgan fingerprint density at radius 1 is 0.298 bits per heavy atom. The predicted octanol–water partition coefficient (Wildman–Crippen LogP) is 12.5. The van der Waals surface area contributed by atoms with Crippen LogP contribution in [-0.4, -0.2) is 28.7 Å². The number of hydrogen-bond donors (Lipinski definition) is 0. The second kappa shape index (κ2) is 12.3. The lowest BCUT2D eigenvalue weighted by Gasteiger charge is -2.16. The summed E-state index contributed by atoms with van der Waals surface area (Å²) in [6, 6.07) is 68.5. The third kappa shape index (κ3) is 4.74. The Morgan fingerprint density at radius 3 is 1.16 bits per heavy atom. The van der Waals surface area contributed by atoms with Crippen molar-refractivity contribution in [3.63, 3.8) is 0 Å². The number of rotatable bonds is 5. The number of hydrogen-bond acceptors (Lipinski definition) is 3. The average Bonchev–Trinajstić information content (AvgIpc) is 3.92. The molecule has 0 bridgehead atoms. The summed E-state index contributed by atoms with van der Waals surface area (Å²) in [5.41, 5.74) is 10.6. The van der Waals surface area contributed by atoms with Crippen LogP contribution in [0.15, 0.2) is 194 Å². The molecule has 266 valence electrons. The van der Waals surface area contributed by atoms with Crippen LogP contribution in [0, 0.1) is 0 Å². The van der Waals surface area contributed by atoms with Gasteiger partial charge in [0.2, 0.25) is 5.95 Å². The van der Waals surface area contributed by atoms with Crippen LogP contribution >= 0.6 is 0 Å². The highest BCUT2D eigenvalue weighted by Crippen LogP contribution is 2.42. The molecule has 4 heterocycles. The maximum Gasteiger partial charge on any atom is 0.238 e. The van der Waals surface area contributed by atoms with Gasteiger partial charge in [0.25, 0.3) is 0 Å². The molecule has 0 unspecified atom stereocenters. The molecule has 0 N–H and O–H groups in total. The maximum atomic E-state index is 5.28. The third-order valence-corrected chi connectivity index (χ3v) is 11.3. The van der Waals surface area contributed by atoms with Crippen molar-refractivity contribution >= 4 is 65.4 Å². The molecule has 8 aromatic carbocycles. The highest BCUT2D eigenvalue weighted by atomic mass is 15.2. The molecule has 57 heavy (non-hydrogen) atoms. The summed E-state index contributed by atoms with van der Waals surface area (Å²) in [7, 11) is 0. The standard InChI is InChI=1S/C51H32N6/c1-3-17-33(18-4-1)49-52-50(34-19-5-2-6-20-34)54-51(53-49)57-45-30-16-11-25-40(45)48-46(56-43-28-14-9-23-38(43)39-24-10-15-29-44(39)56)31-35(32-47(48)57)55-41-26-12-7-21-36(41)37-22-8-13-27-42(37)55/h1-32H. The van der Waals surface area contributed by atoms with Crippen LogP contribution in [0.2, 0.25) is 0 Å². The first-order chi connectivity index (χ1) is 28.3. The average molecular weight is 729 g/mol. The molecule has 12 rings (SSSR count). The van der Waals surface area contributed by atoms with E-state index in [2.05, 4.69) is 171 Å². The van der Waals surface area contributed by atoms with Gasteiger partial charge in [0, 0.05) is 43.4 Å². The monoisotopic (exact) mass is 728 g/mol. The van der Waals surface area contributed by atoms with Gasteiger partial charge < -0.3 is 9.13 Å². The molecule has 6 heteroatoms. The minimum absolute atomic E-state index is 0.557. The number of nitrogens with zero attached hydrogens (tertiary/aromatic N) is 6. The fourth-order valence-corrected chi connectivity index (χ4v) is 8.86. The van der Waals surface area contributed by atoms with Crippen molar-refractivity contribution in [3.05, 3.63) is 194 Å². The van der Waals surface area contributed by atoms with Gasteiger partial charge in [0.15, 0.2) is 11.6 Å². The lowest BCUT2D eigenvalue weighted by molar-refractivity contribution is 0.952. The Morgan fingerprint density at radius 2 is 0.684 bits per heavy atom. The third-order valence-electron chi connectivity index (χ3n) is 11.3. The predicted molar refractivity (Wildman–Crippen MR) is 234 cm³/mol. The van der Waals surface area contributed by atoms with Crippen LogP contribution in [0.25, 0.3) is 106 Å². The van der Waals surface area contributed by atoms with E-state index in [0.717, 1.165) is 66.4 Å². The van der Waals surface area contributed by atoms with Crippen molar-refractivity contribution in [2.75, 3.05) is 0 Å². The Kier molecular flexibility index (Phi) is 6.83. The van der Waals surface area contributed by atoms with Gasteiger partial charge in [-0.15, -0.1) is 0 Å². The lowest BCUT2D eigenvalue weighted by Crippen LogP contribution is -2.07. The van der Waals surface area contributed by atoms with Gasteiger partial charge in [-0.05, 0) is 42.5 Å². The first kappa shape index (κ1) is 31.5. The van der Waals surface area contributed by atoms with E-state index in [9.17, 15) is 0 Å². The zero-order chi connectivity index (χ0) is 37.5. The van der Waals surface area contributed by atoms with E-state index in [4.69, 9.17) is 15.0 Å².